The molecule has 1 aromatic heterocycles. The van der Waals surface area contributed by atoms with Crippen molar-refractivity contribution in [3.8, 4) is 0 Å². The molecule has 2 amide bonds. The molecule has 0 aliphatic heterocycles. The Morgan fingerprint density at radius 3 is 2.19 bits per heavy atom. The highest BCUT2D eigenvalue weighted by molar-refractivity contribution is 6.38. The molecule has 0 bridgehead atoms. The molecule has 0 saturated heterocycles. The molecule has 158 valence electrons. The van der Waals surface area contributed by atoms with Crippen LogP contribution in [-0.2, 0) is 0 Å². The number of aromatic nitrogens is 1. The van der Waals surface area contributed by atoms with Gasteiger partial charge in [-0.25, -0.2) is 4.98 Å². The summed E-state index contributed by atoms with van der Waals surface area (Å²) in [6.45, 7) is 0. The summed E-state index contributed by atoms with van der Waals surface area (Å²) in [4.78, 5) is 33.5. The molecule has 0 radical (unpaired) electrons. The number of nitrogens with one attached hydrogen (secondary N) is 2. The maximum atomic E-state index is 12.8. The number of pyridine rings is 1. The van der Waals surface area contributed by atoms with Crippen molar-refractivity contribution in [1.82, 2.24) is 4.98 Å². The fourth-order valence-electron chi connectivity index (χ4n) is 2.62. The summed E-state index contributed by atoms with van der Waals surface area (Å²) in [6.07, 6.45) is 1.39. The number of carbonyl (C=O) groups is 2. The lowest BCUT2D eigenvalue weighted by Crippen LogP contribution is -2.19. The normalized spacial score (nSPS) is 11.2. The van der Waals surface area contributed by atoms with Crippen LogP contribution < -0.4 is 16.4 Å². The van der Waals surface area contributed by atoms with E-state index in [1.54, 1.807) is 37.4 Å². The topological polar surface area (TPSA) is 109 Å². The molecule has 0 spiro atoms. The number of nitrogens with two attached hydrogens (primary N) is 1. The van der Waals surface area contributed by atoms with Crippen molar-refractivity contribution in [3.63, 3.8) is 0 Å². The number of benzene rings is 2. The Bertz CT molecular complexity index is 1160. The van der Waals surface area contributed by atoms with Crippen LogP contribution in [0.4, 0.5) is 11.5 Å². The highest BCUT2D eigenvalue weighted by atomic mass is 35.5. The van der Waals surface area contributed by atoms with Gasteiger partial charge in [0.1, 0.15) is 11.7 Å². The van der Waals surface area contributed by atoms with E-state index in [1.807, 2.05) is 0 Å². The molecule has 3 rings (SSSR count). The first-order valence-corrected chi connectivity index (χ1v) is 9.98. The van der Waals surface area contributed by atoms with E-state index < -0.39 is 11.8 Å². The van der Waals surface area contributed by atoms with Crippen LogP contribution in [0.25, 0.3) is 0 Å². The van der Waals surface area contributed by atoms with Gasteiger partial charge in [-0.1, -0.05) is 46.9 Å². The van der Waals surface area contributed by atoms with Crippen molar-refractivity contribution in [3.05, 3.63) is 86.5 Å². The van der Waals surface area contributed by atoms with Crippen LogP contribution in [0.2, 0.25) is 15.1 Å². The summed E-state index contributed by atoms with van der Waals surface area (Å²) in [5.41, 5.74) is 6.97. The van der Waals surface area contributed by atoms with Gasteiger partial charge in [0.15, 0.2) is 0 Å². The molecule has 0 aliphatic carbocycles. The minimum Gasteiger partial charge on any atom is -0.384 e. The van der Waals surface area contributed by atoms with E-state index >= 15 is 0 Å². The van der Waals surface area contributed by atoms with Gasteiger partial charge in [0.05, 0.1) is 21.3 Å². The van der Waals surface area contributed by atoms with Crippen LogP contribution in [-0.4, -0.2) is 29.7 Å². The number of amides is 2. The minimum absolute atomic E-state index is 0.0709. The van der Waals surface area contributed by atoms with E-state index in [0.29, 0.717) is 22.0 Å². The molecule has 3 aromatic rings. The van der Waals surface area contributed by atoms with Gasteiger partial charge in [0.25, 0.3) is 11.8 Å². The number of rotatable bonds is 5. The van der Waals surface area contributed by atoms with Crippen LogP contribution in [0.1, 0.15) is 26.3 Å². The fourth-order valence-corrected chi connectivity index (χ4v) is 3.27. The van der Waals surface area contributed by atoms with E-state index in [1.165, 1.54) is 24.4 Å². The van der Waals surface area contributed by atoms with Gasteiger partial charge in [0, 0.05) is 29.4 Å². The summed E-state index contributed by atoms with van der Waals surface area (Å²) in [7, 11) is 1.57. The monoisotopic (exact) mass is 475 g/mol. The molecule has 1 heterocycles. The van der Waals surface area contributed by atoms with Gasteiger partial charge in [0.2, 0.25) is 0 Å². The van der Waals surface area contributed by atoms with Gasteiger partial charge >= 0.3 is 0 Å². The number of amidine groups is 1. The third-order valence-corrected chi connectivity index (χ3v) is 4.93. The Kier molecular flexibility index (Phi) is 7.12. The Hall–Kier alpha value is -3.13. The second-order valence-corrected chi connectivity index (χ2v) is 7.55. The van der Waals surface area contributed by atoms with E-state index in [4.69, 9.17) is 40.5 Å². The summed E-state index contributed by atoms with van der Waals surface area (Å²) in [6, 6.07) is 12.5. The molecule has 10 heteroatoms. The maximum Gasteiger partial charge on any atom is 0.259 e. The number of aliphatic imine (C=N–C) groups is 1. The Morgan fingerprint density at radius 1 is 0.903 bits per heavy atom. The predicted octanol–water partition coefficient (Wildman–Crippen LogP) is 4.88. The Morgan fingerprint density at radius 2 is 1.58 bits per heavy atom. The zero-order chi connectivity index (χ0) is 22.5. The van der Waals surface area contributed by atoms with Gasteiger partial charge < -0.3 is 16.4 Å². The fraction of sp³-hybridized carbons (Fsp3) is 0.0476. The maximum absolute atomic E-state index is 12.8. The summed E-state index contributed by atoms with van der Waals surface area (Å²) >= 11 is 18.2. The SMILES string of the molecule is CN=C(N)c1ccc(C(=O)Nc2c(Cl)cc(Cl)cc2C(=O)Nc2ccc(Cl)cn2)cc1. The summed E-state index contributed by atoms with van der Waals surface area (Å²) < 4.78 is 0. The highest BCUT2D eigenvalue weighted by Crippen LogP contribution is 2.31. The summed E-state index contributed by atoms with van der Waals surface area (Å²) in [5, 5.41) is 6.05. The van der Waals surface area contributed by atoms with Crippen molar-refractivity contribution in [1.29, 1.82) is 0 Å². The number of carbonyl (C=O) groups excluding carboxylic acids is 2. The van der Waals surface area contributed by atoms with Crippen LogP contribution in [0, 0.1) is 0 Å². The van der Waals surface area contributed by atoms with Gasteiger partial charge in [-0.15, -0.1) is 0 Å². The molecule has 2 aromatic carbocycles. The standard InChI is InChI=1S/C21H16Cl3N5O2/c1-26-19(25)11-2-4-12(5-3-11)20(30)29-18-15(8-14(23)9-16(18)24)21(31)28-17-7-6-13(22)10-27-17/h2-10H,1H3,(H2,25,26)(H,29,30)(H,27,28,31). The number of hydrogen-bond donors (Lipinski definition) is 3. The molecule has 0 fully saturated rings. The quantitative estimate of drug-likeness (QED) is 0.360. The van der Waals surface area contributed by atoms with E-state index in [2.05, 4.69) is 20.6 Å². The van der Waals surface area contributed by atoms with Gasteiger partial charge in [-0.3, -0.25) is 14.6 Å². The molecule has 0 unspecified atom stereocenters. The average molecular weight is 477 g/mol. The lowest BCUT2D eigenvalue weighted by Gasteiger charge is -2.14. The van der Waals surface area contributed by atoms with Crippen LogP contribution >= 0.6 is 34.8 Å². The van der Waals surface area contributed by atoms with Crippen molar-refractivity contribution in [2.75, 3.05) is 17.7 Å². The highest BCUT2D eigenvalue weighted by Gasteiger charge is 2.19. The molecule has 0 aliphatic rings. The average Bonchev–Trinajstić information content (AvgIpc) is 2.76. The lowest BCUT2D eigenvalue weighted by molar-refractivity contribution is 0.102. The zero-order valence-electron chi connectivity index (χ0n) is 16.1. The molecule has 0 atom stereocenters. The largest absolute Gasteiger partial charge is 0.384 e. The van der Waals surface area contributed by atoms with Crippen LogP contribution in [0.5, 0.6) is 0 Å². The smallest absolute Gasteiger partial charge is 0.259 e. The number of halogens is 3. The number of anilines is 2. The van der Waals surface area contributed by atoms with E-state index in [9.17, 15) is 9.59 Å². The third-order valence-electron chi connectivity index (χ3n) is 4.19. The Balaban J connectivity index is 1.87. The molecule has 31 heavy (non-hydrogen) atoms. The first-order valence-electron chi connectivity index (χ1n) is 8.84. The predicted molar refractivity (Wildman–Crippen MR) is 125 cm³/mol. The van der Waals surface area contributed by atoms with Crippen LogP contribution in [0.3, 0.4) is 0 Å². The third kappa shape index (κ3) is 5.52. The van der Waals surface area contributed by atoms with Crippen LogP contribution in [0.15, 0.2) is 59.7 Å². The second-order valence-electron chi connectivity index (χ2n) is 6.27. The number of nitrogens with zero attached hydrogens (tertiary/aromatic N) is 2. The Labute approximate surface area is 193 Å². The molecule has 7 nitrogen and oxygen atoms in total. The first-order chi connectivity index (χ1) is 14.8. The van der Waals surface area contributed by atoms with E-state index in [-0.39, 0.29) is 27.1 Å². The molecule has 0 saturated carbocycles. The zero-order valence-corrected chi connectivity index (χ0v) is 18.4. The van der Waals surface area contributed by atoms with E-state index in [0.717, 1.165) is 0 Å². The molecular formula is C21H16Cl3N5O2. The van der Waals surface area contributed by atoms with Crippen molar-refractivity contribution in [2.24, 2.45) is 10.7 Å². The molecular weight excluding hydrogens is 461 g/mol. The first kappa shape index (κ1) is 22.6. The minimum atomic E-state index is -0.559. The lowest BCUT2D eigenvalue weighted by atomic mass is 10.1. The molecule has 4 N–H and O–H groups in total. The van der Waals surface area contributed by atoms with Crippen molar-refractivity contribution < 1.29 is 9.59 Å². The van der Waals surface area contributed by atoms with Gasteiger partial charge in [-0.2, -0.15) is 0 Å². The number of hydrogen-bond acceptors (Lipinski definition) is 4. The summed E-state index contributed by atoms with van der Waals surface area (Å²) in [5.74, 6) is -0.408. The van der Waals surface area contributed by atoms with Gasteiger partial charge in [-0.05, 0) is 36.4 Å². The van der Waals surface area contributed by atoms with Crippen molar-refractivity contribution >= 4 is 64.0 Å². The van der Waals surface area contributed by atoms with Crippen molar-refractivity contribution in [2.45, 2.75) is 0 Å². The second kappa shape index (κ2) is 9.78.